The average molecular weight is 273 g/mol. The molecule has 0 aliphatic carbocycles. The van der Waals surface area contributed by atoms with Crippen LogP contribution in [0.5, 0.6) is 0 Å². The molecule has 1 rings (SSSR count). The lowest BCUT2D eigenvalue weighted by Crippen LogP contribution is -2.60. The minimum absolute atomic E-state index is 0.0558. The van der Waals surface area contributed by atoms with Gasteiger partial charge in [-0.05, 0) is 20.8 Å². The van der Waals surface area contributed by atoms with Crippen molar-refractivity contribution in [1.29, 1.82) is 0 Å². The van der Waals surface area contributed by atoms with Crippen molar-refractivity contribution in [2.75, 3.05) is 46.9 Å². The highest BCUT2D eigenvalue weighted by Gasteiger charge is 2.35. The maximum absolute atomic E-state index is 6.02. The van der Waals surface area contributed by atoms with Crippen LogP contribution in [0.25, 0.3) is 0 Å². The van der Waals surface area contributed by atoms with Gasteiger partial charge in [0.1, 0.15) is 0 Å². The Labute approximate surface area is 118 Å². The van der Waals surface area contributed by atoms with E-state index in [1.165, 1.54) is 0 Å². The third kappa shape index (κ3) is 4.39. The van der Waals surface area contributed by atoms with E-state index in [9.17, 15) is 0 Å². The van der Waals surface area contributed by atoms with Crippen molar-refractivity contribution < 1.29 is 9.47 Å². The van der Waals surface area contributed by atoms with Gasteiger partial charge in [-0.3, -0.25) is 9.80 Å². The van der Waals surface area contributed by atoms with Crippen LogP contribution >= 0.6 is 0 Å². The number of nitrogens with zero attached hydrogens (tertiary/aromatic N) is 2. The minimum atomic E-state index is -0.184. The summed E-state index contributed by atoms with van der Waals surface area (Å²) < 4.78 is 10.7. The van der Waals surface area contributed by atoms with Crippen LogP contribution in [0, 0.1) is 0 Å². The number of methoxy groups -OCH3 is 2. The van der Waals surface area contributed by atoms with Crippen molar-refractivity contribution in [3.63, 3.8) is 0 Å². The summed E-state index contributed by atoms with van der Waals surface area (Å²) in [6.45, 7) is 11.7. The van der Waals surface area contributed by atoms with Gasteiger partial charge in [0.05, 0.1) is 0 Å². The Balaban J connectivity index is 2.60. The molecule has 0 aromatic rings. The van der Waals surface area contributed by atoms with Gasteiger partial charge in [0.2, 0.25) is 0 Å². The molecule has 1 unspecified atom stereocenters. The quantitative estimate of drug-likeness (QED) is 0.693. The van der Waals surface area contributed by atoms with Crippen LogP contribution in [0.1, 0.15) is 27.2 Å². The van der Waals surface area contributed by atoms with Gasteiger partial charge >= 0.3 is 0 Å². The predicted octanol–water partition coefficient (Wildman–Crippen LogP) is 0.739. The Morgan fingerprint density at radius 3 is 2.00 bits per heavy atom. The summed E-state index contributed by atoms with van der Waals surface area (Å²) in [5.74, 6) is 0. The van der Waals surface area contributed by atoms with Gasteiger partial charge < -0.3 is 15.2 Å². The van der Waals surface area contributed by atoms with Crippen molar-refractivity contribution in [2.45, 2.75) is 45.1 Å². The molecular formula is C14H31N3O2. The Morgan fingerprint density at radius 2 is 1.63 bits per heavy atom. The third-order valence-corrected chi connectivity index (χ3v) is 4.38. The van der Waals surface area contributed by atoms with E-state index in [2.05, 4.69) is 30.6 Å². The number of rotatable bonds is 7. The first kappa shape index (κ1) is 16.9. The van der Waals surface area contributed by atoms with Gasteiger partial charge in [0.25, 0.3) is 0 Å². The molecule has 0 spiro atoms. The van der Waals surface area contributed by atoms with Crippen LogP contribution < -0.4 is 5.73 Å². The molecule has 0 amide bonds. The molecule has 0 bridgehead atoms. The summed E-state index contributed by atoms with van der Waals surface area (Å²) in [6, 6.07) is 0.622. The lowest BCUT2D eigenvalue weighted by Gasteiger charge is -2.47. The van der Waals surface area contributed by atoms with E-state index in [1.807, 2.05) is 0 Å². The van der Waals surface area contributed by atoms with Gasteiger partial charge in [-0.2, -0.15) is 0 Å². The zero-order chi connectivity index (χ0) is 14.5. The molecule has 0 radical (unpaired) electrons. The van der Waals surface area contributed by atoms with Crippen LogP contribution in [0.3, 0.4) is 0 Å². The number of piperazine rings is 1. The molecule has 0 aromatic heterocycles. The van der Waals surface area contributed by atoms with Crippen LogP contribution in [-0.4, -0.2) is 74.6 Å². The van der Waals surface area contributed by atoms with Crippen molar-refractivity contribution in [3.8, 4) is 0 Å². The van der Waals surface area contributed by atoms with Crippen molar-refractivity contribution >= 4 is 0 Å². The van der Waals surface area contributed by atoms with Crippen molar-refractivity contribution in [2.24, 2.45) is 5.73 Å². The summed E-state index contributed by atoms with van der Waals surface area (Å²) in [4.78, 5) is 4.99. The Bertz CT molecular complexity index is 251. The normalized spacial score (nSPS) is 22.1. The lowest BCUT2D eigenvalue weighted by atomic mass is 9.94. The average Bonchev–Trinajstić information content (AvgIpc) is 2.44. The number of ether oxygens (including phenoxy) is 2. The second-order valence-corrected chi connectivity index (χ2v) is 5.92. The van der Waals surface area contributed by atoms with Crippen LogP contribution in [0.15, 0.2) is 0 Å². The van der Waals surface area contributed by atoms with Gasteiger partial charge in [-0.1, -0.05) is 0 Å². The summed E-state index contributed by atoms with van der Waals surface area (Å²) >= 11 is 0. The molecule has 1 saturated heterocycles. The molecule has 0 aromatic carbocycles. The summed E-state index contributed by atoms with van der Waals surface area (Å²) in [5.41, 5.74) is 5.97. The molecule has 1 heterocycles. The van der Waals surface area contributed by atoms with Crippen LogP contribution in [0.2, 0.25) is 0 Å². The molecule has 1 aliphatic rings. The van der Waals surface area contributed by atoms with E-state index in [1.54, 1.807) is 14.2 Å². The molecule has 114 valence electrons. The monoisotopic (exact) mass is 273 g/mol. The predicted molar refractivity (Wildman–Crippen MR) is 78.2 cm³/mol. The van der Waals surface area contributed by atoms with E-state index in [0.717, 1.165) is 32.6 Å². The number of hydrogen-bond donors (Lipinski definition) is 1. The Kier molecular flexibility index (Phi) is 6.69. The molecule has 1 aliphatic heterocycles. The molecule has 5 nitrogen and oxygen atoms in total. The summed E-state index contributed by atoms with van der Waals surface area (Å²) in [7, 11) is 3.36. The number of nitrogens with two attached hydrogens (primary N) is 1. The zero-order valence-electron chi connectivity index (χ0n) is 13.2. The van der Waals surface area contributed by atoms with E-state index in [-0.39, 0.29) is 11.8 Å². The van der Waals surface area contributed by atoms with Crippen molar-refractivity contribution in [3.05, 3.63) is 0 Å². The Hall–Kier alpha value is -0.200. The molecular weight excluding hydrogens is 242 g/mol. The van der Waals surface area contributed by atoms with Gasteiger partial charge in [-0.15, -0.1) is 0 Å². The molecule has 0 saturated carbocycles. The van der Waals surface area contributed by atoms with Gasteiger partial charge in [0, 0.05) is 64.9 Å². The highest BCUT2D eigenvalue weighted by atomic mass is 16.7. The summed E-state index contributed by atoms with van der Waals surface area (Å²) in [5, 5.41) is 0. The first-order chi connectivity index (χ1) is 8.96. The first-order valence-corrected chi connectivity index (χ1v) is 7.21. The topological polar surface area (TPSA) is 51.0 Å². The minimum Gasteiger partial charge on any atom is -0.356 e. The largest absolute Gasteiger partial charge is 0.356 e. The summed E-state index contributed by atoms with van der Waals surface area (Å²) in [6.07, 6.45) is 0.620. The van der Waals surface area contributed by atoms with Crippen molar-refractivity contribution in [1.82, 2.24) is 9.80 Å². The molecule has 1 atom stereocenters. The second-order valence-electron chi connectivity index (χ2n) is 5.92. The molecule has 2 N–H and O–H groups in total. The van der Waals surface area contributed by atoms with E-state index in [4.69, 9.17) is 15.2 Å². The Morgan fingerprint density at radius 1 is 1.11 bits per heavy atom. The lowest BCUT2D eigenvalue weighted by molar-refractivity contribution is -0.131. The zero-order valence-corrected chi connectivity index (χ0v) is 13.2. The van der Waals surface area contributed by atoms with Crippen LogP contribution in [-0.2, 0) is 9.47 Å². The van der Waals surface area contributed by atoms with Gasteiger partial charge in [0.15, 0.2) is 6.29 Å². The van der Waals surface area contributed by atoms with Crippen LogP contribution in [0.4, 0.5) is 0 Å². The molecule has 1 fully saturated rings. The second kappa shape index (κ2) is 7.55. The molecule has 19 heavy (non-hydrogen) atoms. The smallest absolute Gasteiger partial charge is 0.158 e. The fourth-order valence-electron chi connectivity index (χ4n) is 2.74. The fourth-order valence-corrected chi connectivity index (χ4v) is 2.74. The van der Waals surface area contributed by atoms with E-state index in [0.29, 0.717) is 12.6 Å². The maximum atomic E-state index is 6.02. The SMILES string of the molecule is COC(CC(C)(CN)N1CCN(C(C)C)CC1)OC. The first-order valence-electron chi connectivity index (χ1n) is 7.21. The number of hydrogen-bond acceptors (Lipinski definition) is 5. The highest BCUT2D eigenvalue weighted by molar-refractivity contribution is 4.91. The highest BCUT2D eigenvalue weighted by Crippen LogP contribution is 2.23. The molecule has 5 heteroatoms. The third-order valence-electron chi connectivity index (χ3n) is 4.38. The maximum Gasteiger partial charge on any atom is 0.158 e. The fraction of sp³-hybridized carbons (Fsp3) is 1.00. The van der Waals surface area contributed by atoms with E-state index >= 15 is 0 Å². The van der Waals surface area contributed by atoms with Gasteiger partial charge in [-0.25, -0.2) is 0 Å². The van der Waals surface area contributed by atoms with E-state index < -0.39 is 0 Å². The standard InChI is InChI=1S/C14H31N3O2/c1-12(2)16-6-8-17(9-7-16)14(3,11-15)10-13(18-4)19-5/h12-13H,6-11,15H2,1-5H3.